The number of carboxylic acid groups (broad SMARTS) is 2. The molecule has 1 aromatic carbocycles. The van der Waals surface area contributed by atoms with Crippen molar-refractivity contribution in [2.45, 2.75) is 129 Å². The Morgan fingerprint density at radius 3 is 2.17 bits per heavy atom. The highest BCUT2D eigenvalue weighted by molar-refractivity contribution is 5.95. The van der Waals surface area contributed by atoms with E-state index in [0.717, 1.165) is 51.0 Å². The molecule has 1 aromatic heterocycles. The third-order valence-corrected chi connectivity index (χ3v) is 8.71. The van der Waals surface area contributed by atoms with E-state index in [2.05, 4.69) is 24.1 Å². The van der Waals surface area contributed by atoms with Crippen molar-refractivity contribution in [1.29, 1.82) is 0 Å². The van der Waals surface area contributed by atoms with E-state index in [1.807, 2.05) is 0 Å². The summed E-state index contributed by atoms with van der Waals surface area (Å²) in [5, 5.41) is 33.8. The summed E-state index contributed by atoms with van der Waals surface area (Å²) in [5.41, 5.74) is -2.56. The van der Waals surface area contributed by atoms with E-state index >= 15 is 0 Å². The van der Waals surface area contributed by atoms with Gasteiger partial charge in [0.25, 0.3) is 0 Å². The van der Waals surface area contributed by atoms with Gasteiger partial charge >= 0.3 is 23.7 Å². The van der Waals surface area contributed by atoms with Crippen molar-refractivity contribution in [3.63, 3.8) is 0 Å². The largest absolute Gasteiger partial charge is 0.519 e. The van der Waals surface area contributed by atoms with Crippen molar-refractivity contribution >= 4 is 29.6 Å². The van der Waals surface area contributed by atoms with Gasteiger partial charge in [-0.05, 0) is 57.2 Å². The normalized spacial score (nSPS) is 13.3. The number of aliphatic carboxylic acids is 2. The first-order valence-corrected chi connectivity index (χ1v) is 18.3. The summed E-state index contributed by atoms with van der Waals surface area (Å²) < 4.78 is 20.0. The van der Waals surface area contributed by atoms with Gasteiger partial charge in [0.05, 0.1) is 12.3 Å². The molecule has 0 spiro atoms. The highest BCUT2D eigenvalue weighted by atomic mass is 16.6. The average molecular weight is 756 g/mol. The Morgan fingerprint density at radius 1 is 0.944 bits per heavy atom. The van der Waals surface area contributed by atoms with Crippen molar-refractivity contribution in [2.24, 2.45) is 5.92 Å². The Labute approximate surface area is 315 Å². The van der Waals surface area contributed by atoms with E-state index in [-0.39, 0.29) is 30.3 Å². The van der Waals surface area contributed by atoms with Gasteiger partial charge in [-0.15, -0.1) is 5.92 Å². The molecule has 0 aliphatic carbocycles. The number of hydrogen-bond acceptors (Lipinski definition) is 11. The molecule has 54 heavy (non-hydrogen) atoms. The van der Waals surface area contributed by atoms with Gasteiger partial charge in [-0.2, -0.15) is 0 Å². The molecular formula is C40H53NO13. The van der Waals surface area contributed by atoms with Crippen molar-refractivity contribution in [3.8, 4) is 17.6 Å². The quantitative estimate of drug-likeness (QED) is 0.0386. The number of esters is 1. The molecule has 0 unspecified atom stereocenters. The molecule has 0 fully saturated rings. The molecule has 14 nitrogen and oxygen atoms in total. The van der Waals surface area contributed by atoms with Crippen LogP contribution in [-0.2, 0) is 41.7 Å². The fraction of sp³-hybridized carbons (Fsp3) is 0.550. The number of unbranched alkanes of at least 4 members (excludes halogenated alkanes) is 8. The van der Waals surface area contributed by atoms with Crippen LogP contribution in [0.25, 0.3) is 0 Å². The highest BCUT2D eigenvalue weighted by Gasteiger charge is 2.49. The van der Waals surface area contributed by atoms with Crippen molar-refractivity contribution < 1.29 is 57.6 Å². The smallest absolute Gasteiger partial charge is 0.481 e. The van der Waals surface area contributed by atoms with E-state index < -0.39 is 60.2 Å². The standard InChI is InChI=1S/C40H53NO13/c1-4-6-8-11-14-17-30(42)18-15-12-9-10-13-16-19-32(40(50,38(47)48)26-35(43)52-27-34-28(3)53-39(49)54-34)36(44)41-33(37(45)46)25-29-20-22-31(23-21-29)51-24-7-5-2/h16,19-23,32-33,50H,4,6,8-15,17-18,24-27H2,1-3H3,(H,41,44)(H,45,46)(H,47,48)/t32-,33+,40+/m1/s1. The summed E-state index contributed by atoms with van der Waals surface area (Å²) in [7, 11) is 0. The second-order valence-corrected chi connectivity index (χ2v) is 13.0. The van der Waals surface area contributed by atoms with Crippen LogP contribution in [0.4, 0.5) is 0 Å². The molecule has 0 radical (unpaired) electrons. The van der Waals surface area contributed by atoms with Gasteiger partial charge in [-0.1, -0.05) is 75.7 Å². The van der Waals surface area contributed by atoms with Crippen LogP contribution in [0.1, 0.15) is 114 Å². The maximum absolute atomic E-state index is 13.7. The number of allylic oxidation sites excluding steroid dienone is 1. The molecule has 4 N–H and O–H groups in total. The van der Waals surface area contributed by atoms with Gasteiger partial charge in [0.1, 0.15) is 24.2 Å². The Morgan fingerprint density at radius 2 is 1.59 bits per heavy atom. The first-order valence-electron chi connectivity index (χ1n) is 18.3. The second kappa shape index (κ2) is 24.2. The van der Waals surface area contributed by atoms with E-state index in [9.17, 15) is 44.1 Å². The number of nitrogens with one attached hydrogen (secondary N) is 1. The van der Waals surface area contributed by atoms with Gasteiger partial charge in [-0.3, -0.25) is 14.4 Å². The van der Waals surface area contributed by atoms with E-state index in [0.29, 0.717) is 37.0 Å². The number of carbonyl (C=O) groups is 5. The minimum atomic E-state index is -3.07. The van der Waals surface area contributed by atoms with Gasteiger partial charge in [0.15, 0.2) is 23.7 Å². The Hall–Kier alpha value is -5.16. The number of amides is 1. The molecule has 2 aromatic rings. The van der Waals surface area contributed by atoms with Crippen LogP contribution in [0.5, 0.6) is 5.75 Å². The van der Waals surface area contributed by atoms with Crippen LogP contribution in [0.15, 0.2) is 50.0 Å². The summed E-state index contributed by atoms with van der Waals surface area (Å²) >= 11 is 0. The number of benzene rings is 1. The number of carboxylic acids is 2. The summed E-state index contributed by atoms with van der Waals surface area (Å²) in [5.74, 6) is -2.62. The monoisotopic (exact) mass is 755 g/mol. The van der Waals surface area contributed by atoms with E-state index in [4.69, 9.17) is 18.3 Å². The summed E-state index contributed by atoms with van der Waals surface area (Å²) in [6.45, 7) is 4.75. The fourth-order valence-electron chi connectivity index (χ4n) is 5.54. The predicted molar refractivity (Wildman–Crippen MR) is 196 cm³/mol. The lowest BCUT2D eigenvalue weighted by molar-refractivity contribution is -0.174. The zero-order chi connectivity index (χ0) is 39.9. The molecule has 0 saturated carbocycles. The first kappa shape index (κ1) is 45.0. The summed E-state index contributed by atoms with van der Waals surface area (Å²) in [4.78, 5) is 74.8. The molecule has 0 aliphatic rings. The van der Waals surface area contributed by atoms with Crippen LogP contribution in [0.3, 0.4) is 0 Å². The van der Waals surface area contributed by atoms with Gasteiger partial charge in [0.2, 0.25) is 5.91 Å². The third-order valence-electron chi connectivity index (χ3n) is 8.71. The molecule has 14 heteroatoms. The maximum atomic E-state index is 13.7. The van der Waals surface area contributed by atoms with E-state index in [1.54, 1.807) is 31.2 Å². The minimum absolute atomic E-state index is 0.0265. The number of aryl methyl sites for hydroxylation is 1. The second-order valence-electron chi connectivity index (χ2n) is 13.0. The molecule has 1 amide bonds. The van der Waals surface area contributed by atoms with Crippen molar-refractivity contribution in [1.82, 2.24) is 5.32 Å². The van der Waals surface area contributed by atoms with Crippen LogP contribution in [-0.4, -0.2) is 63.2 Å². The molecule has 1 heterocycles. The lowest BCUT2D eigenvalue weighted by Crippen LogP contribution is -2.55. The number of aliphatic hydroxyl groups is 1. The number of hydrogen-bond donors (Lipinski definition) is 4. The Balaban J connectivity index is 2.14. The summed E-state index contributed by atoms with van der Waals surface area (Å²) in [6.07, 6.45) is 11.0. The minimum Gasteiger partial charge on any atom is -0.481 e. The fourth-order valence-corrected chi connectivity index (χ4v) is 5.54. The molecule has 0 bridgehead atoms. The Bertz CT molecular complexity index is 1660. The Kier molecular flexibility index (Phi) is 20.2. The zero-order valence-electron chi connectivity index (χ0n) is 31.4. The van der Waals surface area contributed by atoms with Crippen molar-refractivity contribution in [3.05, 3.63) is 64.1 Å². The topological polar surface area (TPSA) is 220 Å². The molecule has 0 saturated heterocycles. The molecule has 3 atom stereocenters. The van der Waals surface area contributed by atoms with Crippen LogP contribution in [0.2, 0.25) is 0 Å². The number of ketones is 1. The van der Waals surface area contributed by atoms with Crippen LogP contribution in [0, 0.1) is 24.7 Å². The van der Waals surface area contributed by atoms with Crippen molar-refractivity contribution in [2.75, 3.05) is 6.61 Å². The molecule has 296 valence electrons. The number of ether oxygens (including phenoxy) is 2. The number of Topliss-reactive ketones (excluding diaryl/α,β-unsaturated/α-hetero) is 1. The highest BCUT2D eigenvalue weighted by Crippen LogP contribution is 2.27. The van der Waals surface area contributed by atoms with Crippen LogP contribution >= 0.6 is 0 Å². The van der Waals surface area contributed by atoms with E-state index in [1.165, 1.54) is 19.4 Å². The van der Waals surface area contributed by atoms with Gasteiger partial charge in [-0.25, -0.2) is 14.4 Å². The lowest BCUT2D eigenvalue weighted by atomic mass is 9.82. The number of rotatable bonds is 27. The maximum Gasteiger partial charge on any atom is 0.519 e. The van der Waals surface area contributed by atoms with Crippen LogP contribution < -0.4 is 15.9 Å². The zero-order valence-corrected chi connectivity index (χ0v) is 31.4. The molecular weight excluding hydrogens is 702 g/mol. The third kappa shape index (κ3) is 16.2. The first-order chi connectivity index (χ1) is 25.8. The molecule has 2 rings (SSSR count). The lowest BCUT2D eigenvalue weighted by Gasteiger charge is -2.30. The van der Waals surface area contributed by atoms with Gasteiger partial charge < -0.3 is 38.9 Å². The molecule has 0 aliphatic heterocycles. The van der Waals surface area contributed by atoms with Gasteiger partial charge in [0, 0.05) is 19.3 Å². The predicted octanol–water partition coefficient (Wildman–Crippen LogP) is 5.45. The summed E-state index contributed by atoms with van der Waals surface area (Å²) in [6, 6.07) is 4.88. The SMILES string of the molecule is CC#CCOc1ccc(C[C@H](NC(=O)[C@@H](C=CCCCCCCC(=O)CCCCCCC)[C@@](O)(CC(=O)OCc2oc(=O)oc2C)C(=O)O)C(=O)O)cc1. The average Bonchev–Trinajstić information content (AvgIpc) is 3.46. The number of carbonyl (C=O) groups excluding carboxylic acids is 3.